The number of hydrogen-bond donors (Lipinski definition) is 0. The second-order valence-electron chi connectivity index (χ2n) is 6.90. The van der Waals surface area contributed by atoms with Gasteiger partial charge in [0.05, 0.1) is 28.7 Å². The Morgan fingerprint density at radius 1 is 0.964 bits per heavy atom. The number of carbonyl (C=O) groups is 3. The number of carbonyl (C=O) groups excluding carboxylic acids is 3. The Morgan fingerprint density at radius 2 is 1.54 bits per heavy atom. The summed E-state index contributed by atoms with van der Waals surface area (Å²) >= 11 is 0. The van der Waals surface area contributed by atoms with E-state index in [1.165, 1.54) is 4.90 Å². The second kappa shape index (κ2) is 6.87. The van der Waals surface area contributed by atoms with E-state index in [9.17, 15) is 22.8 Å². The van der Waals surface area contributed by atoms with Crippen molar-refractivity contribution in [3.8, 4) is 0 Å². The van der Waals surface area contributed by atoms with Gasteiger partial charge in [-0.15, -0.1) is 0 Å². The maximum Gasteiger partial charge on any atom is 0.262 e. The molecule has 4 rings (SSSR count). The summed E-state index contributed by atoms with van der Waals surface area (Å²) < 4.78 is 23.9. The van der Waals surface area contributed by atoms with Crippen molar-refractivity contribution >= 4 is 33.2 Å². The van der Waals surface area contributed by atoms with Crippen LogP contribution in [-0.2, 0) is 14.6 Å². The van der Waals surface area contributed by atoms with Gasteiger partial charge in [0.1, 0.15) is 6.54 Å². The zero-order valence-electron chi connectivity index (χ0n) is 14.9. The standard InChI is InChI=1S/C20H18N2O5S/c23-18(12-21-19(24)16-8-4-5-9-17(16)20(21)25)22(14-6-2-1-3-7-14)15-10-11-28(26,27)13-15/h1-9,15H,10-13H2/t15-/m0/s1. The average molecular weight is 398 g/mol. The summed E-state index contributed by atoms with van der Waals surface area (Å²) in [5.41, 5.74) is 1.09. The van der Waals surface area contributed by atoms with Crippen LogP contribution < -0.4 is 4.90 Å². The highest BCUT2D eigenvalue weighted by molar-refractivity contribution is 7.91. The maximum absolute atomic E-state index is 13.1. The monoisotopic (exact) mass is 398 g/mol. The number of para-hydroxylation sites is 1. The van der Waals surface area contributed by atoms with Crippen molar-refractivity contribution in [2.75, 3.05) is 23.0 Å². The highest BCUT2D eigenvalue weighted by Gasteiger charge is 2.40. The first-order valence-corrected chi connectivity index (χ1v) is 10.7. The van der Waals surface area contributed by atoms with E-state index in [0.29, 0.717) is 12.1 Å². The topological polar surface area (TPSA) is 91.8 Å². The molecule has 2 aliphatic heterocycles. The van der Waals surface area contributed by atoms with E-state index >= 15 is 0 Å². The minimum absolute atomic E-state index is 0.0152. The van der Waals surface area contributed by atoms with Gasteiger partial charge in [-0.1, -0.05) is 30.3 Å². The normalized spacial score (nSPS) is 20.3. The number of fused-ring (bicyclic) bond motifs is 1. The molecular formula is C20H18N2O5S. The molecule has 0 radical (unpaired) electrons. The Bertz CT molecular complexity index is 1030. The molecular weight excluding hydrogens is 380 g/mol. The number of nitrogens with zero attached hydrogens (tertiary/aromatic N) is 2. The summed E-state index contributed by atoms with van der Waals surface area (Å²) in [7, 11) is -3.22. The predicted molar refractivity (Wildman–Crippen MR) is 103 cm³/mol. The third-order valence-corrected chi connectivity index (χ3v) is 6.80. The van der Waals surface area contributed by atoms with Crippen LogP contribution in [0.4, 0.5) is 5.69 Å². The highest BCUT2D eigenvalue weighted by Crippen LogP contribution is 2.27. The summed E-state index contributed by atoms with van der Waals surface area (Å²) in [6, 6.07) is 14.6. The van der Waals surface area contributed by atoms with E-state index in [1.807, 2.05) is 0 Å². The molecule has 0 unspecified atom stereocenters. The Balaban J connectivity index is 1.62. The van der Waals surface area contributed by atoms with Crippen LogP contribution in [0.5, 0.6) is 0 Å². The van der Waals surface area contributed by atoms with Crippen LogP contribution in [0.2, 0.25) is 0 Å². The SMILES string of the molecule is O=C1c2ccccc2C(=O)N1CC(=O)N(c1ccccc1)[C@H]1CCS(=O)(=O)C1. The number of anilines is 1. The zero-order chi connectivity index (χ0) is 19.9. The molecule has 0 bridgehead atoms. The Labute approximate surface area is 162 Å². The fourth-order valence-electron chi connectivity index (χ4n) is 3.72. The minimum Gasteiger partial charge on any atom is -0.307 e. The van der Waals surface area contributed by atoms with Gasteiger partial charge in [0.15, 0.2) is 9.84 Å². The van der Waals surface area contributed by atoms with Crippen LogP contribution >= 0.6 is 0 Å². The lowest BCUT2D eigenvalue weighted by Crippen LogP contribution is -2.47. The lowest BCUT2D eigenvalue weighted by molar-refractivity contribution is -0.119. The molecule has 1 atom stereocenters. The van der Waals surface area contributed by atoms with Gasteiger partial charge in [-0.25, -0.2) is 8.42 Å². The third-order valence-electron chi connectivity index (χ3n) is 5.05. The molecule has 2 aromatic rings. The molecule has 1 fully saturated rings. The van der Waals surface area contributed by atoms with Crippen molar-refractivity contribution in [3.05, 3.63) is 65.7 Å². The summed E-state index contributed by atoms with van der Waals surface area (Å²) in [5, 5.41) is 0. The fourth-order valence-corrected chi connectivity index (χ4v) is 5.42. The number of amides is 3. The first-order valence-electron chi connectivity index (χ1n) is 8.90. The van der Waals surface area contributed by atoms with Crippen LogP contribution in [0, 0.1) is 0 Å². The van der Waals surface area contributed by atoms with Gasteiger partial charge >= 0.3 is 0 Å². The van der Waals surface area contributed by atoms with Crippen LogP contribution in [0.25, 0.3) is 0 Å². The van der Waals surface area contributed by atoms with Crippen LogP contribution in [0.3, 0.4) is 0 Å². The predicted octanol–water partition coefficient (Wildman–Crippen LogP) is 1.50. The molecule has 144 valence electrons. The average Bonchev–Trinajstić information content (AvgIpc) is 3.15. The molecule has 0 spiro atoms. The summed E-state index contributed by atoms with van der Waals surface area (Å²) in [6.07, 6.45) is 0.324. The quantitative estimate of drug-likeness (QED) is 0.728. The minimum atomic E-state index is -3.22. The smallest absolute Gasteiger partial charge is 0.262 e. The molecule has 0 N–H and O–H groups in total. The molecule has 2 aliphatic rings. The van der Waals surface area contributed by atoms with Crippen molar-refractivity contribution in [2.24, 2.45) is 0 Å². The molecule has 2 heterocycles. The summed E-state index contributed by atoms with van der Waals surface area (Å²) in [6.45, 7) is -0.433. The Kier molecular flexibility index (Phi) is 4.50. The second-order valence-corrected chi connectivity index (χ2v) is 9.13. The first-order chi connectivity index (χ1) is 13.4. The largest absolute Gasteiger partial charge is 0.307 e. The van der Waals surface area contributed by atoms with Crippen LogP contribution in [-0.4, -0.2) is 55.1 Å². The highest BCUT2D eigenvalue weighted by atomic mass is 32.2. The zero-order valence-corrected chi connectivity index (χ0v) is 15.8. The van der Waals surface area contributed by atoms with Gasteiger partial charge < -0.3 is 4.90 Å². The first kappa shape index (κ1) is 18.4. The number of benzene rings is 2. The maximum atomic E-state index is 13.1. The van der Waals surface area contributed by atoms with Gasteiger partial charge in [-0.05, 0) is 30.7 Å². The van der Waals surface area contributed by atoms with Crippen LogP contribution in [0.15, 0.2) is 54.6 Å². The summed E-state index contributed by atoms with van der Waals surface area (Å²) in [5.74, 6) is -1.62. The van der Waals surface area contributed by atoms with E-state index in [0.717, 1.165) is 4.90 Å². The molecule has 2 aromatic carbocycles. The van der Waals surface area contributed by atoms with Gasteiger partial charge in [0.2, 0.25) is 5.91 Å². The number of rotatable bonds is 4. The molecule has 8 heteroatoms. The van der Waals surface area contributed by atoms with E-state index in [1.54, 1.807) is 54.6 Å². The molecule has 1 saturated heterocycles. The van der Waals surface area contributed by atoms with Crippen molar-refractivity contribution in [2.45, 2.75) is 12.5 Å². The van der Waals surface area contributed by atoms with Crippen molar-refractivity contribution in [1.82, 2.24) is 4.90 Å². The van der Waals surface area contributed by atoms with Crippen molar-refractivity contribution < 1.29 is 22.8 Å². The van der Waals surface area contributed by atoms with Gasteiger partial charge in [0, 0.05) is 5.69 Å². The number of hydrogen-bond acceptors (Lipinski definition) is 5. The third kappa shape index (κ3) is 3.20. The van der Waals surface area contributed by atoms with E-state index in [2.05, 4.69) is 0 Å². The fraction of sp³-hybridized carbons (Fsp3) is 0.250. The molecule has 3 amide bonds. The summed E-state index contributed by atoms with van der Waals surface area (Å²) in [4.78, 5) is 40.6. The number of sulfone groups is 1. The molecule has 0 aromatic heterocycles. The molecule has 28 heavy (non-hydrogen) atoms. The lowest BCUT2D eigenvalue weighted by atomic mass is 10.1. The van der Waals surface area contributed by atoms with E-state index in [-0.39, 0.29) is 22.6 Å². The van der Waals surface area contributed by atoms with Crippen molar-refractivity contribution in [3.63, 3.8) is 0 Å². The lowest BCUT2D eigenvalue weighted by Gasteiger charge is -2.29. The van der Waals surface area contributed by atoms with Crippen molar-refractivity contribution in [1.29, 1.82) is 0 Å². The Hall–Kier alpha value is -3.00. The van der Waals surface area contributed by atoms with E-state index in [4.69, 9.17) is 0 Å². The molecule has 7 nitrogen and oxygen atoms in total. The van der Waals surface area contributed by atoms with E-state index < -0.39 is 40.1 Å². The molecule has 0 saturated carbocycles. The van der Waals surface area contributed by atoms with Gasteiger partial charge in [-0.2, -0.15) is 0 Å². The van der Waals surface area contributed by atoms with Gasteiger partial charge in [0.25, 0.3) is 11.8 Å². The van der Waals surface area contributed by atoms with Crippen LogP contribution in [0.1, 0.15) is 27.1 Å². The van der Waals surface area contributed by atoms with Gasteiger partial charge in [-0.3, -0.25) is 19.3 Å². The Morgan fingerprint density at radius 3 is 2.07 bits per heavy atom. The number of imide groups is 1. The molecule has 0 aliphatic carbocycles.